The second-order valence-corrected chi connectivity index (χ2v) is 9.09. The molecule has 7 heteroatoms. The first-order valence-electron chi connectivity index (χ1n) is 11.0. The molecule has 33 heavy (non-hydrogen) atoms. The molecule has 0 fully saturated rings. The number of hydrogen-bond acceptors (Lipinski definition) is 5. The van der Waals surface area contributed by atoms with Crippen LogP contribution in [0.25, 0.3) is 11.3 Å². The molecule has 2 N–H and O–H groups in total. The fourth-order valence-corrected chi connectivity index (χ4v) is 5.33. The van der Waals surface area contributed by atoms with E-state index in [1.165, 1.54) is 16.2 Å². The zero-order valence-corrected chi connectivity index (χ0v) is 18.8. The van der Waals surface area contributed by atoms with Gasteiger partial charge in [-0.25, -0.2) is 0 Å². The summed E-state index contributed by atoms with van der Waals surface area (Å²) in [6.45, 7) is 0.432. The minimum atomic E-state index is -0.392. The van der Waals surface area contributed by atoms with Gasteiger partial charge in [-0.15, -0.1) is 11.3 Å². The molecule has 0 spiro atoms. The van der Waals surface area contributed by atoms with Crippen molar-refractivity contribution in [2.75, 3.05) is 5.32 Å². The van der Waals surface area contributed by atoms with E-state index in [9.17, 15) is 9.59 Å². The van der Waals surface area contributed by atoms with Gasteiger partial charge in [-0.05, 0) is 36.8 Å². The van der Waals surface area contributed by atoms with E-state index in [0.29, 0.717) is 22.9 Å². The molecule has 0 bridgehead atoms. The Hall–Kier alpha value is -3.71. The summed E-state index contributed by atoms with van der Waals surface area (Å²) in [7, 11) is 0. The van der Waals surface area contributed by atoms with Gasteiger partial charge in [-0.3, -0.25) is 9.59 Å². The minimum Gasteiger partial charge on any atom is -0.355 e. The number of thiophene rings is 1. The third kappa shape index (κ3) is 4.59. The molecule has 2 aromatic heterocycles. The van der Waals surface area contributed by atoms with Crippen molar-refractivity contribution in [1.82, 2.24) is 10.5 Å². The summed E-state index contributed by atoms with van der Waals surface area (Å²) >= 11 is 1.49. The highest BCUT2D eigenvalue weighted by molar-refractivity contribution is 7.17. The van der Waals surface area contributed by atoms with E-state index in [4.69, 9.17) is 4.52 Å². The Morgan fingerprint density at radius 1 is 0.939 bits per heavy atom. The lowest BCUT2D eigenvalue weighted by Gasteiger charge is -2.13. The van der Waals surface area contributed by atoms with E-state index < -0.39 is 5.91 Å². The Kier molecular flexibility index (Phi) is 6.04. The number of nitrogens with zero attached hydrogens (tertiary/aromatic N) is 1. The summed E-state index contributed by atoms with van der Waals surface area (Å²) in [6, 6.07) is 20.9. The van der Waals surface area contributed by atoms with E-state index >= 15 is 0 Å². The van der Waals surface area contributed by atoms with Crippen molar-refractivity contribution in [3.05, 3.63) is 94.0 Å². The van der Waals surface area contributed by atoms with Crippen molar-refractivity contribution in [1.29, 1.82) is 0 Å². The summed E-state index contributed by atoms with van der Waals surface area (Å²) in [5.41, 5.74) is 3.67. The normalized spacial score (nSPS) is 12.7. The Bertz CT molecular complexity index is 1280. The predicted molar refractivity (Wildman–Crippen MR) is 128 cm³/mol. The molecular formula is C26H23N3O3S. The maximum absolute atomic E-state index is 13.2. The first-order valence-corrected chi connectivity index (χ1v) is 11.8. The van der Waals surface area contributed by atoms with E-state index in [0.717, 1.165) is 42.4 Å². The maximum Gasteiger partial charge on any atom is 0.278 e. The molecule has 2 aromatic carbocycles. The van der Waals surface area contributed by atoms with E-state index in [2.05, 4.69) is 15.8 Å². The van der Waals surface area contributed by atoms with Crippen LogP contribution in [-0.4, -0.2) is 17.0 Å². The summed E-state index contributed by atoms with van der Waals surface area (Å²) < 4.78 is 5.37. The summed E-state index contributed by atoms with van der Waals surface area (Å²) in [5, 5.41) is 10.4. The van der Waals surface area contributed by atoms with Gasteiger partial charge in [0.05, 0.1) is 5.56 Å². The van der Waals surface area contributed by atoms with E-state index in [-0.39, 0.29) is 11.6 Å². The van der Waals surface area contributed by atoms with Gasteiger partial charge in [-0.2, -0.15) is 0 Å². The zero-order chi connectivity index (χ0) is 22.6. The van der Waals surface area contributed by atoms with Crippen molar-refractivity contribution in [2.45, 2.75) is 32.2 Å². The topological polar surface area (TPSA) is 84.2 Å². The smallest absolute Gasteiger partial charge is 0.278 e. The van der Waals surface area contributed by atoms with Crippen molar-refractivity contribution in [2.24, 2.45) is 0 Å². The third-order valence-electron chi connectivity index (χ3n) is 5.72. The van der Waals surface area contributed by atoms with Gasteiger partial charge in [0, 0.05) is 23.1 Å². The Morgan fingerprint density at radius 3 is 2.45 bits per heavy atom. The Morgan fingerprint density at radius 2 is 1.67 bits per heavy atom. The molecule has 1 aliphatic carbocycles. The molecule has 166 valence electrons. The quantitative estimate of drug-likeness (QED) is 0.402. The SMILES string of the molecule is O=C(Nc1sc2c(c1C(=O)NCc1ccccc1)CCCC2)c1cc(-c2ccccc2)on1. The van der Waals surface area contributed by atoms with Gasteiger partial charge in [0.15, 0.2) is 11.5 Å². The minimum absolute atomic E-state index is 0.168. The molecule has 0 unspecified atom stereocenters. The number of rotatable bonds is 6. The van der Waals surface area contributed by atoms with Crippen LogP contribution in [0.4, 0.5) is 5.00 Å². The largest absolute Gasteiger partial charge is 0.355 e. The molecular weight excluding hydrogens is 434 g/mol. The number of benzene rings is 2. The maximum atomic E-state index is 13.2. The zero-order valence-electron chi connectivity index (χ0n) is 18.0. The van der Waals surface area contributed by atoms with Gasteiger partial charge >= 0.3 is 0 Å². The lowest BCUT2D eigenvalue weighted by atomic mass is 9.95. The Balaban J connectivity index is 1.38. The van der Waals surface area contributed by atoms with Gasteiger partial charge in [0.1, 0.15) is 5.00 Å². The molecule has 6 nitrogen and oxygen atoms in total. The second-order valence-electron chi connectivity index (χ2n) is 7.98. The van der Waals surface area contributed by atoms with Crippen molar-refractivity contribution < 1.29 is 14.1 Å². The fourth-order valence-electron chi connectivity index (χ4n) is 4.05. The van der Waals surface area contributed by atoms with Gasteiger partial charge in [0.25, 0.3) is 11.8 Å². The predicted octanol–water partition coefficient (Wildman–Crippen LogP) is 5.46. The number of amides is 2. The third-order valence-corrected chi connectivity index (χ3v) is 6.93. The fraction of sp³-hybridized carbons (Fsp3) is 0.192. The molecule has 1 aliphatic rings. The van der Waals surface area contributed by atoms with Gasteiger partial charge < -0.3 is 15.2 Å². The first-order chi connectivity index (χ1) is 16.2. The first kappa shape index (κ1) is 21.2. The van der Waals surface area contributed by atoms with Crippen LogP contribution in [-0.2, 0) is 19.4 Å². The van der Waals surface area contributed by atoms with Crippen molar-refractivity contribution in [3.8, 4) is 11.3 Å². The van der Waals surface area contributed by atoms with Crippen LogP contribution in [0.15, 0.2) is 71.3 Å². The second kappa shape index (κ2) is 9.42. The Labute approximate surface area is 195 Å². The number of aromatic nitrogens is 1. The lowest BCUT2D eigenvalue weighted by molar-refractivity contribution is 0.0951. The van der Waals surface area contributed by atoms with Gasteiger partial charge in [0.2, 0.25) is 0 Å². The average molecular weight is 458 g/mol. The molecule has 5 rings (SSSR count). The molecule has 2 heterocycles. The van der Waals surface area contributed by atoms with Crippen LogP contribution in [0.1, 0.15) is 49.7 Å². The van der Waals surface area contributed by atoms with Gasteiger partial charge in [-0.1, -0.05) is 65.8 Å². The van der Waals surface area contributed by atoms with Crippen molar-refractivity contribution >= 4 is 28.2 Å². The molecule has 0 atom stereocenters. The van der Waals surface area contributed by atoms with Crippen LogP contribution in [0.2, 0.25) is 0 Å². The number of carbonyl (C=O) groups is 2. The number of carbonyl (C=O) groups excluding carboxylic acids is 2. The molecule has 0 aliphatic heterocycles. The molecule has 4 aromatic rings. The number of hydrogen-bond donors (Lipinski definition) is 2. The highest BCUT2D eigenvalue weighted by Crippen LogP contribution is 2.38. The molecule has 2 amide bonds. The van der Waals surface area contributed by atoms with Crippen LogP contribution in [0.5, 0.6) is 0 Å². The molecule has 0 saturated heterocycles. The van der Waals surface area contributed by atoms with Crippen LogP contribution >= 0.6 is 11.3 Å². The summed E-state index contributed by atoms with van der Waals surface area (Å²) in [6.07, 6.45) is 3.91. The lowest BCUT2D eigenvalue weighted by Crippen LogP contribution is -2.25. The van der Waals surface area contributed by atoms with Crippen LogP contribution in [0, 0.1) is 0 Å². The molecule has 0 radical (unpaired) electrons. The summed E-state index contributed by atoms with van der Waals surface area (Å²) in [4.78, 5) is 27.3. The van der Waals surface area contributed by atoms with E-state index in [1.54, 1.807) is 6.07 Å². The van der Waals surface area contributed by atoms with Crippen molar-refractivity contribution in [3.63, 3.8) is 0 Å². The molecule has 0 saturated carbocycles. The highest BCUT2D eigenvalue weighted by Gasteiger charge is 2.27. The standard InChI is InChI=1S/C26H23N3O3S/c30-24(20-15-21(32-29-20)18-11-5-2-6-12-18)28-26-23(19-13-7-8-14-22(19)33-26)25(31)27-16-17-9-3-1-4-10-17/h1-6,9-12,15H,7-8,13-14,16H2,(H,27,31)(H,28,30). The van der Waals surface area contributed by atoms with Crippen LogP contribution in [0.3, 0.4) is 0 Å². The number of anilines is 1. The number of aryl methyl sites for hydroxylation is 1. The monoisotopic (exact) mass is 457 g/mol. The van der Waals surface area contributed by atoms with Crippen LogP contribution < -0.4 is 10.6 Å². The highest BCUT2D eigenvalue weighted by atomic mass is 32.1. The summed E-state index contributed by atoms with van der Waals surface area (Å²) in [5.74, 6) is -0.0395. The number of nitrogens with one attached hydrogen (secondary N) is 2. The number of fused-ring (bicyclic) bond motifs is 1. The average Bonchev–Trinajstić information content (AvgIpc) is 3.49. The van der Waals surface area contributed by atoms with E-state index in [1.807, 2.05) is 60.7 Å².